The molecule has 5 nitrogen and oxygen atoms in total. The van der Waals surface area contributed by atoms with E-state index >= 15 is 0 Å². The van der Waals surface area contributed by atoms with E-state index in [4.69, 9.17) is 23.2 Å². The Morgan fingerprint density at radius 3 is 2.52 bits per heavy atom. The number of nitrogens with zero attached hydrogens (tertiary/aromatic N) is 1. The molecule has 0 aliphatic carbocycles. The topological polar surface area (TPSA) is 61.4 Å². The van der Waals surface area contributed by atoms with Crippen molar-refractivity contribution in [2.45, 2.75) is 12.8 Å². The van der Waals surface area contributed by atoms with Gasteiger partial charge in [-0.15, -0.1) is 0 Å². The largest absolute Gasteiger partial charge is 0.375 e. The average Bonchev–Trinajstić information content (AvgIpc) is 3.01. The Labute approximate surface area is 155 Å². The lowest BCUT2D eigenvalue weighted by atomic mass is 10.2. The molecular weight excluding hydrogens is 361 g/mol. The van der Waals surface area contributed by atoms with E-state index in [1.54, 1.807) is 35.2 Å². The summed E-state index contributed by atoms with van der Waals surface area (Å²) in [4.78, 5) is 25.5. The van der Waals surface area contributed by atoms with Gasteiger partial charge in [-0.3, -0.25) is 9.59 Å². The number of hydrogen-bond acceptors (Lipinski definition) is 3. The Morgan fingerprint density at radius 2 is 1.88 bits per heavy atom. The van der Waals surface area contributed by atoms with Crippen LogP contribution in [0.4, 0.5) is 17.1 Å². The van der Waals surface area contributed by atoms with Crippen molar-refractivity contribution in [3.63, 3.8) is 0 Å². The van der Waals surface area contributed by atoms with Gasteiger partial charge in [-0.2, -0.15) is 0 Å². The molecule has 25 heavy (non-hydrogen) atoms. The summed E-state index contributed by atoms with van der Waals surface area (Å²) in [6.07, 6.45) is 1.48. The number of carbonyl (C=O) groups excluding carboxylic acids is 2. The van der Waals surface area contributed by atoms with Gasteiger partial charge in [-0.05, 0) is 48.9 Å². The fraction of sp³-hybridized carbons (Fsp3) is 0.222. The van der Waals surface area contributed by atoms with Crippen LogP contribution in [0.1, 0.15) is 12.8 Å². The van der Waals surface area contributed by atoms with E-state index in [9.17, 15) is 9.59 Å². The zero-order valence-corrected chi connectivity index (χ0v) is 14.9. The predicted octanol–water partition coefficient (Wildman–Crippen LogP) is 4.17. The van der Waals surface area contributed by atoms with E-state index in [-0.39, 0.29) is 18.4 Å². The molecule has 130 valence electrons. The number of benzene rings is 2. The maximum absolute atomic E-state index is 12.0. The summed E-state index contributed by atoms with van der Waals surface area (Å²) >= 11 is 11.9. The van der Waals surface area contributed by atoms with Crippen LogP contribution >= 0.6 is 23.2 Å². The van der Waals surface area contributed by atoms with Crippen LogP contribution in [0, 0.1) is 0 Å². The van der Waals surface area contributed by atoms with Crippen LogP contribution in [-0.4, -0.2) is 24.9 Å². The van der Waals surface area contributed by atoms with Crippen LogP contribution in [0.15, 0.2) is 42.5 Å². The van der Waals surface area contributed by atoms with Crippen molar-refractivity contribution in [2.75, 3.05) is 28.6 Å². The molecule has 1 saturated heterocycles. The molecule has 7 heteroatoms. The molecule has 2 amide bonds. The van der Waals surface area contributed by atoms with Gasteiger partial charge in [0.1, 0.15) is 0 Å². The van der Waals surface area contributed by atoms with E-state index in [2.05, 4.69) is 10.6 Å². The van der Waals surface area contributed by atoms with Crippen LogP contribution in [-0.2, 0) is 9.59 Å². The highest BCUT2D eigenvalue weighted by atomic mass is 35.5. The van der Waals surface area contributed by atoms with Crippen LogP contribution in [0.2, 0.25) is 10.0 Å². The third kappa shape index (κ3) is 4.44. The summed E-state index contributed by atoms with van der Waals surface area (Å²) < 4.78 is 0. The molecule has 0 bridgehead atoms. The smallest absolute Gasteiger partial charge is 0.243 e. The van der Waals surface area contributed by atoms with Crippen LogP contribution in [0.25, 0.3) is 0 Å². The van der Waals surface area contributed by atoms with Gasteiger partial charge in [0.15, 0.2) is 0 Å². The lowest BCUT2D eigenvalue weighted by Gasteiger charge is -2.16. The maximum atomic E-state index is 12.0. The number of carbonyl (C=O) groups is 2. The first kappa shape index (κ1) is 17.6. The summed E-state index contributed by atoms with van der Waals surface area (Å²) in [5.41, 5.74) is 2.17. The van der Waals surface area contributed by atoms with Gasteiger partial charge in [-0.25, -0.2) is 0 Å². The molecule has 1 fully saturated rings. The Balaban J connectivity index is 1.55. The molecule has 1 heterocycles. The molecule has 1 aliphatic heterocycles. The average molecular weight is 378 g/mol. The van der Waals surface area contributed by atoms with Crippen LogP contribution < -0.4 is 15.5 Å². The Hall–Kier alpha value is -2.24. The zero-order valence-electron chi connectivity index (χ0n) is 13.4. The van der Waals surface area contributed by atoms with Crippen molar-refractivity contribution >= 4 is 52.1 Å². The third-order valence-electron chi connectivity index (χ3n) is 3.91. The van der Waals surface area contributed by atoms with Gasteiger partial charge in [0.05, 0.1) is 17.3 Å². The highest BCUT2D eigenvalue weighted by Gasteiger charge is 2.21. The van der Waals surface area contributed by atoms with E-state index in [1.165, 1.54) is 0 Å². The second-order valence-electron chi connectivity index (χ2n) is 5.72. The standard InChI is InChI=1S/C18H17Cl2N3O2/c19-12-3-8-16(15(20)10-12)21-11-17(24)22-13-4-6-14(7-5-13)23-9-1-2-18(23)25/h3-8,10,21H,1-2,9,11H2,(H,22,24). The molecule has 2 aromatic rings. The quantitative estimate of drug-likeness (QED) is 0.821. The van der Waals surface area contributed by atoms with Crippen LogP contribution in [0.5, 0.6) is 0 Å². The monoisotopic (exact) mass is 377 g/mol. The number of hydrogen-bond donors (Lipinski definition) is 2. The highest BCUT2D eigenvalue weighted by molar-refractivity contribution is 6.36. The number of amides is 2. The molecule has 2 aromatic carbocycles. The van der Waals surface area contributed by atoms with E-state index in [1.807, 2.05) is 12.1 Å². The van der Waals surface area contributed by atoms with Crippen molar-refractivity contribution in [1.82, 2.24) is 0 Å². The normalized spacial score (nSPS) is 13.8. The van der Waals surface area contributed by atoms with E-state index in [0.29, 0.717) is 27.8 Å². The second kappa shape index (κ2) is 7.76. The van der Waals surface area contributed by atoms with Crippen molar-refractivity contribution in [2.24, 2.45) is 0 Å². The molecule has 0 radical (unpaired) electrons. The van der Waals surface area contributed by atoms with Crippen molar-refractivity contribution in [1.29, 1.82) is 0 Å². The summed E-state index contributed by atoms with van der Waals surface area (Å²) in [5, 5.41) is 6.76. The minimum absolute atomic E-state index is 0.0771. The fourth-order valence-electron chi connectivity index (χ4n) is 2.66. The second-order valence-corrected chi connectivity index (χ2v) is 6.57. The molecule has 2 N–H and O–H groups in total. The van der Waals surface area contributed by atoms with Crippen molar-refractivity contribution in [3.05, 3.63) is 52.5 Å². The number of rotatable bonds is 5. The first-order chi connectivity index (χ1) is 12.0. The van der Waals surface area contributed by atoms with Gasteiger partial charge in [-0.1, -0.05) is 23.2 Å². The minimum atomic E-state index is -0.198. The van der Waals surface area contributed by atoms with Crippen molar-refractivity contribution in [3.8, 4) is 0 Å². The molecule has 0 atom stereocenters. The molecule has 1 aliphatic rings. The fourth-order valence-corrected chi connectivity index (χ4v) is 3.13. The minimum Gasteiger partial charge on any atom is -0.375 e. The Morgan fingerprint density at radius 1 is 1.12 bits per heavy atom. The predicted molar refractivity (Wildman–Crippen MR) is 102 cm³/mol. The summed E-state index contributed by atoms with van der Waals surface area (Å²) in [5.74, 6) is -0.0585. The summed E-state index contributed by atoms with van der Waals surface area (Å²) in [7, 11) is 0. The lowest BCUT2D eigenvalue weighted by Crippen LogP contribution is -2.24. The summed E-state index contributed by atoms with van der Waals surface area (Å²) in [6.45, 7) is 0.823. The van der Waals surface area contributed by atoms with Gasteiger partial charge >= 0.3 is 0 Å². The van der Waals surface area contributed by atoms with E-state index < -0.39 is 0 Å². The molecule has 0 aromatic heterocycles. The number of nitrogens with one attached hydrogen (secondary N) is 2. The van der Waals surface area contributed by atoms with Gasteiger partial charge < -0.3 is 15.5 Å². The highest BCUT2D eigenvalue weighted by Crippen LogP contribution is 2.25. The summed E-state index contributed by atoms with van der Waals surface area (Å²) in [6, 6.07) is 12.3. The first-order valence-electron chi connectivity index (χ1n) is 7.92. The molecule has 3 rings (SSSR count). The number of anilines is 3. The molecule has 0 unspecified atom stereocenters. The zero-order chi connectivity index (χ0) is 17.8. The van der Waals surface area contributed by atoms with Gasteiger partial charge in [0.2, 0.25) is 11.8 Å². The maximum Gasteiger partial charge on any atom is 0.243 e. The Kier molecular flexibility index (Phi) is 5.46. The molecule has 0 saturated carbocycles. The van der Waals surface area contributed by atoms with Crippen molar-refractivity contribution < 1.29 is 9.59 Å². The molecule has 0 spiro atoms. The third-order valence-corrected chi connectivity index (χ3v) is 4.45. The first-order valence-corrected chi connectivity index (χ1v) is 8.68. The lowest BCUT2D eigenvalue weighted by molar-refractivity contribution is -0.117. The van der Waals surface area contributed by atoms with Gasteiger partial charge in [0, 0.05) is 29.4 Å². The van der Waals surface area contributed by atoms with Gasteiger partial charge in [0.25, 0.3) is 0 Å². The Bertz CT molecular complexity index is 793. The SMILES string of the molecule is O=C(CNc1ccc(Cl)cc1Cl)Nc1ccc(N2CCCC2=O)cc1. The van der Waals surface area contributed by atoms with E-state index in [0.717, 1.165) is 18.7 Å². The molecular formula is C18H17Cl2N3O2. The number of halogens is 2. The van der Waals surface area contributed by atoms with Crippen LogP contribution in [0.3, 0.4) is 0 Å².